The van der Waals surface area contributed by atoms with Gasteiger partial charge in [0.2, 0.25) is 5.78 Å². The van der Waals surface area contributed by atoms with Crippen molar-refractivity contribution < 1.29 is 0 Å². The summed E-state index contributed by atoms with van der Waals surface area (Å²) in [5.74, 6) is 0.712. The molecule has 0 saturated heterocycles. The molecule has 0 spiro atoms. The van der Waals surface area contributed by atoms with E-state index < -0.39 is 0 Å². The molecule has 4 rings (SSSR count). The number of H-pyrrole nitrogens is 1. The number of nitrogens with zero attached hydrogens (tertiary/aromatic N) is 2. The molecular formula is C18H11BrClN3S. The molecule has 0 radical (unpaired) electrons. The van der Waals surface area contributed by atoms with Gasteiger partial charge in [0.1, 0.15) is 4.64 Å². The smallest absolute Gasteiger partial charge is 0.212 e. The minimum absolute atomic E-state index is 0.710. The topological polar surface area (TPSA) is 33.1 Å². The van der Waals surface area contributed by atoms with Crippen molar-refractivity contribution in [3.05, 3.63) is 75.1 Å². The predicted molar refractivity (Wildman–Crippen MR) is 104 cm³/mol. The average molecular weight is 417 g/mol. The normalized spacial score (nSPS) is 11.1. The van der Waals surface area contributed by atoms with Crippen molar-refractivity contribution in [2.45, 2.75) is 0 Å². The maximum atomic E-state index is 5.96. The average Bonchev–Trinajstić information content (AvgIpc) is 3.01. The van der Waals surface area contributed by atoms with Gasteiger partial charge in [0.05, 0.1) is 5.69 Å². The third kappa shape index (κ3) is 2.79. The first kappa shape index (κ1) is 15.6. The van der Waals surface area contributed by atoms with Crippen molar-refractivity contribution in [1.29, 1.82) is 0 Å². The van der Waals surface area contributed by atoms with Gasteiger partial charge in [0.15, 0.2) is 0 Å². The maximum absolute atomic E-state index is 5.96. The highest BCUT2D eigenvalue weighted by atomic mass is 79.9. The van der Waals surface area contributed by atoms with Crippen molar-refractivity contribution >= 4 is 45.5 Å². The van der Waals surface area contributed by atoms with Gasteiger partial charge in [0.25, 0.3) is 0 Å². The summed E-state index contributed by atoms with van der Waals surface area (Å²) in [5, 5.41) is 0.710. The van der Waals surface area contributed by atoms with E-state index in [2.05, 4.69) is 25.9 Å². The highest BCUT2D eigenvalue weighted by Crippen LogP contribution is 2.26. The van der Waals surface area contributed by atoms with Gasteiger partial charge in [-0.15, -0.1) is 0 Å². The van der Waals surface area contributed by atoms with Crippen molar-refractivity contribution in [1.82, 2.24) is 14.4 Å². The van der Waals surface area contributed by atoms with E-state index in [9.17, 15) is 0 Å². The van der Waals surface area contributed by atoms with Crippen molar-refractivity contribution in [2.24, 2.45) is 0 Å². The standard InChI is InChI=1S/C18H11BrClN3S/c19-13-3-1-2-12(8-13)15-9-21-18-22-16(10-23(18)17(15)24)11-4-6-14(20)7-5-11/h1-10H,(H,21,22). The van der Waals surface area contributed by atoms with Crippen LogP contribution in [0.2, 0.25) is 5.02 Å². The molecule has 0 aliphatic rings. The van der Waals surface area contributed by atoms with Crippen molar-refractivity contribution in [3.63, 3.8) is 0 Å². The summed E-state index contributed by atoms with van der Waals surface area (Å²) in [6.45, 7) is 0. The van der Waals surface area contributed by atoms with Gasteiger partial charge in [-0.2, -0.15) is 0 Å². The van der Waals surface area contributed by atoms with Crippen LogP contribution in [0.5, 0.6) is 0 Å². The molecule has 1 N–H and O–H groups in total. The number of nitrogens with one attached hydrogen (secondary N) is 1. The van der Waals surface area contributed by atoms with E-state index in [1.54, 1.807) is 0 Å². The maximum Gasteiger partial charge on any atom is 0.212 e. The second-order valence-electron chi connectivity index (χ2n) is 5.36. The van der Waals surface area contributed by atoms with Crippen LogP contribution in [-0.4, -0.2) is 14.4 Å². The molecule has 2 heterocycles. The number of rotatable bonds is 2. The second-order valence-corrected chi connectivity index (χ2v) is 7.09. The number of benzene rings is 2. The Balaban J connectivity index is 1.88. The van der Waals surface area contributed by atoms with Crippen LogP contribution in [0.15, 0.2) is 65.4 Å². The van der Waals surface area contributed by atoms with E-state index in [1.807, 2.05) is 65.3 Å². The number of aromatic amines is 1. The first-order valence-corrected chi connectivity index (χ1v) is 8.82. The zero-order valence-corrected chi connectivity index (χ0v) is 15.5. The van der Waals surface area contributed by atoms with Gasteiger partial charge in [0, 0.05) is 27.5 Å². The van der Waals surface area contributed by atoms with Crippen molar-refractivity contribution in [2.75, 3.05) is 0 Å². The fraction of sp³-hybridized carbons (Fsp3) is 0. The molecule has 0 amide bonds. The largest absolute Gasteiger partial charge is 0.323 e. The summed E-state index contributed by atoms with van der Waals surface area (Å²) in [5.41, 5.74) is 3.93. The molecule has 6 heteroatoms. The molecule has 2 aromatic heterocycles. The fourth-order valence-electron chi connectivity index (χ4n) is 2.59. The lowest BCUT2D eigenvalue weighted by atomic mass is 10.1. The molecule has 0 fully saturated rings. The van der Waals surface area contributed by atoms with E-state index in [1.165, 1.54) is 0 Å². The van der Waals surface area contributed by atoms with Crippen LogP contribution in [0, 0.1) is 4.64 Å². The van der Waals surface area contributed by atoms with Gasteiger partial charge in [-0.3, -0.25) is 4.40 Å². The highest BCUT2D eigenvalue weighted by Gasteiger charge is 2.09. The van der Waals surface area contributed by atoms with Crippen LogP contribution in [-0.2, 0) is 0 Å². The molecule has 2 aromatic carbocycles. The fourth-order valence-corrected chi connectivity index (χ4v) is 3.43. The lowest BCUT2D eigenvalue weighted by Gasteiger charge is -2.03. The van der Waals surface area contributed by atoms with Crippen LogP contribution in [0.3, 0.4) is 0 Å². The Morgan fingerprint density at radius 3 is 2.62 bits per heavy atom. The SMILES string of the molecule is S=c1c(-c2cccc(Br)c2)cnc2[nH]c(-c3ccc(Cl)cc3)cn12. The summed E-state index contributed by atoms with van der Waals surface area (Å²) >= 11 is 15.1. The van der Waals surface area contributed by atoms with Gasteiger partial charge < -0.3 is 4.98 Å². The molecule has 24 heavy (non-hydrogen) atoms. The summed E-state index contributed by atoms with van der Waals surface area (Å²) < 4.78 is 3.63. The molecule has 0 bridgehead atoms. The Bertz CT molecular complexity index is 1100. The molecule has 0 aliphatic heterocycles. The number of hydrogen-bond acceptors (Lipinski definition) is 2. The number of fused-ring (bicyclic) bond motifs is 1. The Kier molecular flexibility index (Phi) is 4.00. The number of halogens is 2. The van der Waals surface area contributed by atoms with Crippen LogP contribution < -0.4 is 0 Å². The van der Waals surface area contributed by atoms with E-state index in [-0.39, 0.29) is 0 Å². The summed E-state index contributed by atoms with van der Waals surface area (Å²) in [6, 6.07) is 15.7. The minimum atomic E-state index is 0.710. The van der Waals surface area contributed by atoms with E-state index >= 15 is 0 Å². The van der Waals surface area contributed by atoms with Crippen LogP contribution >= 0.6 is 39.7 Å². The summed E-state index contributed by atoms with van der Waals surface area (Å²) in [7, 11) is 0. The first-order valence-electron chi connectivity index (χ1n) is 7.24. The zero-order valence-electron chi connectivity index (χ0n) is 12.3. The monoisotopic (exact) mass is 415 g/mol. The van der Waals surface area contributed by atoms with Crippen molar-refractivity contribution in [3.8, 4) is 22.4 Å². The zero-order chi connectivity index (χ0) is 16.7. The molecule has 4 aromatic rings. The quantitative estimate of drug-likeness (QED) is 0.398. The predicted octanol–water partition coefficient (Wildman–Crippen LogP) is 6.14. The molecule has 0 aliphatic carbocycles. The molecular weight excluding hydrogens is 406 g/mol. The molecule has 0 atom stereocenters. The van der Waals surface area contributed by atoms with Crippen LogP contribution in [0.4, 0.5) is 0 Å². The minimum Gasteiger partial charge on any atom is -0.323 e. The Hall–Kier alpha value is -1.95. The number of imidazole rings is 1. The molecule has 0 unspecified atom stereocenters. The van der Waals surface area contributed by atoms with E-state index in [0.717, 1.165) is 31.5 Å². The molecule has 0 saturated carbocycles. The van der Waals surface area contributed by atoms with Gasteiger partial charge in [-0.05, 0) is 35.4 Å². The summed E-state index contributed by atoms with van der Waals surface area (Å²) in [6.07, 6.45) is 3.77. The lowest BCUT2D eigenvalue weighted by Crippen LogP contribution is -1.92. The van der Waals surface area contributed by atoms with Gasteiger partial charge >= 0.3 is 0 Å². The first-order chi connectivity index (χ1) is 11.6. The third-order valence-corrected chi connectivity index (χ3v) is 4.95. The lowest BCUT2D eigenvalue weighted by molar-refractivity contribution is 1.09. The highest BCUT2D eigenvalue weighted by molar-refractivity contribution is 9.10. The van der Waals surface area contributed by atoms with Crippen LogP contribution in [0.1, 0.15) is 0 Å². The van der Waals surface area contributed by atoms with Gasteiger partial charge in [-0.1, -0.05) is 64.0 Å². The third-order valence-electron chi connectivity index (χ3n) is 3.79. The second kappa shape index (κ2) is 6.16. The Labute approximate surface area is 157 Å². The molecule has 118 valence electrons. The number of hydrogen-bond donors (Lipinski definition) is 1. The van der Waals surface area contributed by atoms with Crippen LogP contribution in [0.25, 0.3) is 28.2 Å². The Morgan fingerprint density at radius 1 is 1.08 bits per heavy atom. The Morgan fingerprint density at radius 2 is 1.88 bits per heavy atom. The number of aromatic nitrogens is 3. The molecule has 3 nitrogen and oxygen atoms in total. The van der Waals surface area contributed by atoms with E-state index in [4.69, 9.17) is 23.8 Å². The summed E-state index contributed by atoms with van der Waals surface area (Å²) in [4.78, 5) is 7.81. The van der Waals surface area contributed by atoms with Gasteiger partial charge in [-0.25, -0.2) is 4.98 Å². The van der Waals surface area contributed by atoms with E-state index in [0.29, 0.717) is 10.8 Å².